The highest BCUT2D eigenvalue weighted by atomic mass is 16.3. The van der Waals surface area contributed by atoms with Gasteiger partial charge in [0.1, 0.15) is 5.82 Å². The van der Waals surface area contributed by atoms with Gasteiger partial charge in [-0.15, -0.1) is 0 Å². The maximum absolute atomic E-state index is 10.2. The molecule has 6 heteroatoms. The van der Waals surface area contributed by atoms with Gasteiger partial charge in [0.05, 0.1) is 5.69 Å². The molecule has 3 heterocycles. The molecule has 1 aliphatic heterocycles. The van der Waals surface area contributed by atoms with E-state index < -0.39 is 5.85 Å². The third-order valence-corrected chi connectivity index (χ3v) is 6.19. The number of nitrogens with one attached hydrogen (secondary N) is 1. The number of fused-ring (bicyclic) bond motifs is 2. The maximum Gasteiger partial charge on any atom is 0.169 e. The van der Waals surface area contributed by atoms with Gasteiger partial charge in [0, 0.05) is 47.7 Å². The Bertz CT molecular complexity index is 1300. The molecule has 2 aromatic heterocycles. The Morgan fingerprint density at radius 2 is 1.88 bits per heavy atom. The predicted molar refractivity (Wildman–Crippen MR) is 128 cm³/mol. The summed E-state index contributed by atoms with van der Waals surface area (Å²) >= 11 is 0. The number of anilines is 2. The van der Waals surface area contributed by atoms with Crippen LogP contribution in [0.5, 0.6) is 0 Å². The van der Waals surface area contributed by atoms with Crippen molar-refractivity contribution in [3.05, 3.63) is 83.7 Å². The summed E-state index contributed by atoms with van der Waals surface area (Å²) in [6.45, 7) is 4.99. The van der Waals surface area contributed by atoms with Crippen LogP contribution in [0.3, 0.4) is 0 Å². The van der Waals surface area contributed by atoms with Crippen LogP contribution in [-0.4, -0.2) is 32.4 Å². The Kier molecular flexibility index (Phi) is 5.13. The van der Waals surface area contributed by atoms with Gasteiger partial charge in [0.15, 0.2) is 5.85 Å². The Morgan fingerprint density at radius 1 is 1.06 bits per heavy atom. The van der Waals surface area contributed by atoms with E-state index in [1.807, 2.05) is 29.3 Å². The first-order valence-electron chi connectivity index (χ1n) is 10.8. The van der Waals surface area contributed by atoms with Gasteiger partial charge in [-0.05, 0) is 61.0 Å². The Balaban J connectivity index is 1.46. The Labute approximate surface area is 187 Å². The van der Waals surface area contributed by atoms with Gasteiger partial charge in [-0.2, -0.15) is 0 Å². The summed E-state index contributed by atoms with van der Waals surface area (Å²) in [4.78, 5) is 11.2. The van der Waals surface area contributed by atoms with Gasteiger partial charge < -0.3 is 10.4 Å². The van der Waals surface area contributed by atoms with E-state index in [4.69, 9.17) is 10.7 Å². The molecule has 0 saturated carbocycles. The number of pyridine rings is 2. The Morgan fingerprint density at radius 3 is 2.69 bits per heavy atom. The van der Waals surface area contributed by atoms with Crippen LogP contribution >= 0.6 is 0 Å². The lowest BCUT2D eigenvalue weighted by Crippen LogP contribution is -2.55. The molecular formula is C26H27N5O. The van der Waals surface area contributed by atoms with Gasteiger partial charge in [0.2, 0.25) is 0 Å². The highest BCUT2D eigenvalue weighted by Crippen LogP contribution is 2.31. The van der Waals surface area contributed by atoms with Gasteiger partial charge >= 0.3 is 0 Å². The number of hydrogen-bond acceptors (Lipinski definition) is 6. The van der Waals surface area contributed by atoms with Crippen LogP contribution in [-0.2, 0) is 13.0 Å². The number of rotatable bonds is 4. The molecule has 2 aromatic carbocycles. The third kappa shape index (κ3) is 3.96. The topological polar surface area (TPSA) is 87.3 Å². The molecule has 1 unspecified atom stereocenters. The molecule has 0 bridgehead atoms. The van der Waals surface area contributed by atoms with Crippen molar-refractivity contribution in [1.29, 1.82) is 0 Å². The summed E-state index contributed by atoms with van der Waals surface area (Å²) in [5.41, 5.74) is 12.4. The first-order chi connectivity index (χ1) is 15.4. The second kappa shape index (κ2) is 7.98. The molecule has 1 aliphatic rings. The minimum atomic E-state index is -1.33. The molecule has 0 radical (unpaired) electrons. The number of aliphatic hydroxyl groups is 1. The van der Waals surface area contributed by atoms with Crippen LogP contribution < -0.4 is 11.1 Å². The average Bonchev–Trinajstić information content (AvgIpc) is 2.79. The van der Waals surface area contributed by atoms with E-state index >= 15 is 0 Å². The molecule has 0 spiro atoms. The van der Waals surface area contributed by atoms with Crippen molar-refractivity contribution >= 4 is 22.3 Å². The van der Waals surface area contributed by atoms with Crippen molar-refractivity contribution in [2.75, 3.05) is 11.9 Å². The maximum atomic E-state index is 10.2. The minimum absolute atomic E-state index is 0.593. The quantitative estimate of drug-likeness (QED) is 0.422. The van der Waals surface area contributed by atoms with Gasteiger partial charge in [-0.3, -0.25) is 15.6 Å². The molecule has 32 heavy (non-hydrogen) atoms. The molecule has 5 rings (SSSR count). The van der Waals surface area contributed by atoms with Gasteiger partial charge in [0.25, 0.3) is 0 Å². The van der Waals surface area contributed by atoms with Crippen LogP contribution in [0.2, 0.25) is 0 Å². The number of nitrogens with zero attached hydrogens (tertiary/aromatic N) is 3. The average molecular weight is 426 g/mol. The number of aryl methyl sites for hydroxylation is 1. The molecule has 4 N–H and O–H groups in total. The fourth-order valence-electron chi connectivity index (χ4n) is 4.33. The lowest BCUT2D eigenvalue weighted by atomic mass is 9.99. The van der Waals surface area contributed by atoms with Gasteiger partial charge in [-0.25, -0.2) is 4.98 Å². The van der Waals surface area contributed by atoms with E-state index in [9.17, 15) is 5.11 Å². The van der Waals surface area contributed by atoms with Crippen LogP contribution in [0.15, 0.2) is 67.0 Å². The summed E-state index contributed by atoms with van der Waals surface area (Å²) in [7, 11) is 0. The van der Waals surface area contributed by atoms with E-state index in [2.05, 4.69) is 53.6 Å². The normalized spacial score (nSPS) is 15.9. The van der Waals surface area contributed by atoms with E-state index in [0.717, 1.165) is 40.1 Å². The first kappa shape index (κ1) is 20.6. The Hall–Kier alpha value is -3.32. The lowest BCUT2D eigenvalue weighted by molar-refractivity contribution is -0.0963. The van der Waals surface area contributed by atoms with Crippen molar-refractivity contribution in [2.24, 2.45) is 5.73 Å². The first-order valence-corrected chi connectivity index (χ1v) is 10.8. The van der Waals surface area contributed by atoms with Crippen LogP contribution in [0.4, 0.5) is 11.5 Å². The second-order valence-electron chi connectivity index (χ2n) is 8.63. The molecule has 0 aliphatic carbocycles. The number of aromatic nitrogens is 2. The van der Waals surface area contributed by atoms with E-state index in [0.29, 0.717) is 13.1 Å². The monoisotopic (exact) mass is 425 g/mol. The molecule has 6 nitrogen and oxygen atoms in total. The molecule has 162 valence electrons. The minimum Gasteiger partial charge on any atom is -0.363 e. The van der Waals surface area contributed by atoms with Crippen molar-refractivity contribution in [3.8, 4) is 11.3 Å². The number of nitrogens with two attached hydrogens (primary N) is 1. The van der Waals surface area contributed by atoms with E-state index in [1.165, 1.54) is 16.5 Å². The second-order valence-corrected chi connectivity index (χ2v) is 8.63. The van der Waals surface area contributed by atoms with Gasteiger partial charge in [-0.1, -0.05) is 30.3 Å². The highest BCUT2D eigenvalue weighted by Gasteiger charge is 2.29. The molecular weight excluding hydrogens is 398 g/mol. The SMILES string of the molecule is Cc1ccc(Nc2nccc3c2CCN(C(C)(N)O)C3)cc1-c1cc2ccccc2cn1. The number of hydrogen-bond donors (Lipinski definition) is 3. The van der Waals surface area contributed by atoms with Crippen molar-refractivity contribution in [2.45, 2.75) is 32.7 Å². The lowest BCUT2D eigenvalue weighted by Gasteiger charge is -2.37. The molecule has 1 atom stereocenters. The highest BCUT2D eigenvalue weighted by molar-refractivity contribution is 5.86. The number of benzene rings is 2. The standard InChI is InChI=1S/C26H27N5O/c1-17-7-8-21(14-23(17)24-13-18-5-3-4-6-19(18)15-29-24)30-25-22-10-12-31(26(2,27)32)16-20(22)9-11-28-25/h3-9,11,13-15,32H,10,12,16,27H2,1-2H3,(H,28,30). The zero-order chi connectivity index (χ0) is 22.3. The fourth-order valence-corrected chi connectivity index (χ4v) is 4.33. The zero-order valence-corrected chi connectivity index (χ0v) is 18.3. The summed E-state index contributed by atoms with van der Waals surface area (Å²) in [5, 5.41) is 16.0. The zero-order valence-electron chi connectivity index (χ0n) is 18.3. The molecule has 4 aromatic rings. The van der Waals surface area contributed by atoms with E-state index in [1.54, 1.807) is 13.1 Å². The third-order valence-electron chi connectivity index (χ3n) is 6.19. The molecule has 0 fully saturated rings. The summed E-state index contributed by atoms with van der Waals surface area (Å²) in [5.74, 6) is -0.479. The summed E-state index contributed by atoms with van der Waals surface area (Å²) < 4.78 is 0. The van der Waals surface area contributed by atoms with E-state index in [-0.39, 0.29) is 0 Å². The summed E-state index contributed by atoms with van der Waals surface area (Å²) in [6.07, 6.45) is 4.50. The predicted octanol–water partition coefficient (Wildman–Crippen LogP) is 4.33. The van der Waals surface area contributed by atoms with Crippen LogP contribution in [0, 0.1) is 6.92 Å². The van der Waals surface area contributed by atoms with Crippen molar-refractivity contribution in [1.82, 2.24) is 14.9 Å². The fraction of sp³-hybridized carbons (Fsp3) is 0.231. The van der Waals surface area contributed by atoms with Crippen molar-refractivity contribution < 1.29 is 5.11 Å². The molecule has 0 saturated heterocycles. The molecule has 0 amide bonds. The van der Waals surface area contributed by atoms with Crippen molar-refractivity contribution in [3.63, 3.8) is 0 Å². The largest absolute Gasteiger partial charge is 0.363 e. The smallest absolute Gasteiger partial charge is 0.169 e. The summed E-state index contributed by atoms with van der Waals surface area (Å²) in [6, 6.07) is 18.7. The van der Waals surface area contributed by atoms with Crippen LogP contribution in [0.1, 0.15) is 23.6 Å². The van der Waals surface area contributed by atoms with Crippen LogP contribution in [0.25, 0.3) is 22.0 Å².